The third-order valence-corrected chi connectivity index (χ3v) is 5.92. The average molecular weight is 538 g/mol. The van der Waals surface area contributed by atoms with Gasteiger partial charge in [-0.25, -0.2) is 4.39 Å². The van der Waals surface area contributed by atoms with Crippen molar-refractivity contribution in [3.05, 3.63) is 63.3 Å². The molecule has 4 N–H and O–H groups in total. The molecule has 4 rings (SSSR count). The third kappa shape index (κ3) is 5.11. The van der Waals surface area contributed by atoms with Crippen molar-refractivity contribution in [2.24, 2.45) is 0 Å². The maximum atomic E-state index is 13.4. The first-order chi connectivity index (χ1) is 17.8. The number of ether oxygens (including phenoxy) is 1. The van der Waals surface area contributed by atoms with Gasteiger partial charge in [-0.1, -0.05) is 12.1 Å². The largest absolute Gasteiger partial charge is 0.505 e. The van der Waals surface area contributed by atoms with Crippen molar-refractivity contribution in [1.82, 2.24) is 20.2 Å². The molecule has 0 aliphatic carbocycles. The minimum absolute atomic E-state index is 0.0620. The molecule has 10 nitrogen and oxygen atoms in total. The van der Waals surface area contributed by atoms with E-state index in [0.717, 1.165) is 4.57 Å². The Bertz CT molecular complexity index is 1470. The van der Waals surface area contributed by atoms with E-state index in [-0.39, 0.29) is 35.3 Å². The number of alkyl halides is 3. The number of aliphatic hydroxyl groups is 1. The van der Waals surface area contributed by atoms with Gasteiger partial charge in [0.15, 0.2) is 11.5 Å². The summed E-state index contributed by atoms with van der Waals surface area (Å²) in [6.07, 6.45) is -3.40. The molecule has 2 aromatic heterocycles. The van der Waals surface area contributed by atoms with Gasteiger partial charge in [0.25, 0.3) is 17.4 Å². The molecule has 0 saturated carbocycles. The van der Waals surface area contributed by atoms with Gasteiger partial charge in [-0.3, -0.25) is 23.9 Å². The van der Waals surface area contributed by atoms with Crippen molar-refractivity contribution in [3.8, 4) is 11.5 Å². The zero-order valence-electron chi connectivity index (χ0n) is 19.9. The molecule has 3 heterocycles. The van der Waals surface area contributed by atoms with Crippen LogP contribution >= 0.6 is 0 Å². The van der Waals surface area contributed by atoms with Crippen LogP contribution in [0.25, 0.3) is 11.0 Å². The van der Waals surface area contributed by atoms with Gasteiger partial charge in [0.1, 0.15) is 29.0 Å². The fourth-order valence-electron chi connectivity index (χ4n) is 4.12. The number of aromatic nitrogens is 2. The average Bonchev–Trinajstić information content (AvgIpc) is 2.86. The van der Waals surface area contributed by atoms with Crippen molar-refractivity contribution >= 4 is 22.8 Å². The van der Waals surface area contributed by atoms with E-state index >= 15 is 0 Å². The Morgan fingerprint density at radius 2 is 1.89 bits per heavy atom. The second-order valence-electron chi connectivity index (χ2n) is 8.84. The van der Waals surface area contributed by atoms with E-state index in [1.54, 1.807) is 5.32 Å². The topological polar surface area (TPSA) is 143 Å². The monoisotopic (exact) mass is 538 g/mol. The van der Waals surface area contributed by atoms with Gasteiger partial charge in [0.05, 0.1) is 13.2 Å². The molecule has 202 valence electrons. The number of nitrogens with one attached hydrogen (secondary N) is 2. The Hall–Kier alpha value is -4.20. The number of halogens is 4. The summed E-state index contributed by atoms with van der Waals surface area (Å²) in [5.41, 5.74) is -3.26. The van der Waals surface area contributed by atoms with E-state index < -0.39 is 66.0 Å². The first kappa shape index (κ1) is 26.9. The number of rotatable bonds is 7. The standard InChI is InChI=1S/C24H22F4N4O6/c1-23(22(37)31-10-24(26,27)28)11-32-17-16(18(34)15(21(32)36)20(35)29-6-7-33)30-9-13(19(17)38-23)8-12-2-4-14(25)5-3-12/h2-5,9,33-34H,6-8,10-11H2,1H3,(H,29,35)(H,31,37)/t23-/m1/s1. The minimum atomic E-state index is -4.71. The van der Waals surface area contributed by atoms with Gasteiger partial charge in [-0.05, 0) is 24.6 Å². The smallest absolute Gasteiger partial charge is 0.405 e. The highest BCUT2D eigenvalue weighted by molar-refractivity contribution is 6.03. The van der Waals surface area contributed by atoms with Gasteiger partial charge in [0.2, 0.25) is 5.60 Å². The van der Waals surface area contributed by atoms with E-state index in [1.807, 2.05) is 0 Å². The summed E-state index contributed by atoms with van der Waals surface area (Å²) in [4.78, 5) is 43.1. The highest BCUT2D eigenvalue weighted by Gasteiger charge is 2.44. The summed E-state index contributed by atoms with van der Waals surface area (Å²) >= 11 is 0. The number of hydrogen-bond acceptors (Lipinski definition) is 7. The summed E-state index contributed by atoms with van der Waals surface area (Å²) in [6.45, 7) is -1.76. The van der Waals surface area contributed by atoms with Crippen molar-refractivity contribution < 1.29 is 42.1 Å². The van der Waals surface area contributed by atoms with Crippen molar-refractivity contribution in [2.45, 2.75) is 31.7 Å². The molecule has 0 saturated heterocycles. The van der Waals surface area contributed by atoms with Crippen molar-refractivity contribution in [3.63, 3.8) is 0 Å². The molecule has 2 amide bonds. The molecule has 0 radical (unpaired) electrons. The molecule has 1 aliphatic heterocycles. The number of benzene rings is 1. The second kappa shape index (κ2) is 9.93. The molecule has 0 spiro atoms. The first-order valence-electron chi connectivity index (χ1n) is 11.3. The van der Waals surface area contributed by atoms with Crippen LogP contribution in [-0.2, 0) is 17.8 Å². The fourth-order valence-corrected chi connectivity index (χ4v) is 4.12. The van der Waals surface area contributed by atoms with E-state index in [4.69, 9.17) is 9.84 Å². The molecule has 1 aliphatic rings. The van der Waals surface area contributed by atoms with Gasteiger partial charge in [-0.15, -0.1) is 0 Å². The molecule has 1 aromatic carbocycles. The van der Waals surface area contributed by atoms with Crippen molar-refractivity contribution in [1.29, 1.82) is 0 Å². The van der Waals surface area contributed by atoms with Gasteiger partial charge in [-0.2, -0.15) is 13.2 Å². The number of pyridine rings is 2. The molecule has 0 unspecified atom stereocenters. The number of amides is 2. The van der Waals surface area contributed by atoms with Crippen LogP contribution < -0.4 is 20.9 Å². The summed E-state index contributed by atoms with van der Waals surface area (Å²) in [5, 5.41) is 23.8. The molecular weight excluding hydrogens is 516 g/mol. The van der Waals surface area contributed by atoms with Gasteiger partial charge < -0.3 is 25.6 Å². The van der Waals surface area contributed by atoms with Crippen LogP contribution in [0.15, 0.2) is 35.3 Å². The van der Waals surface area contributed by atoms with Crippen LogP contribution in [0, 0.1) is 5.82 Å². The van der Waals surface area contributed by atoms with Crippen molar-refractivity contribution in [2.75, 3.05) is 19.7 Å². The number of carbonyl (C=O) groups is 2. The van der Waals surface area contributed by atoms with Crippen LogP contribution in [0.5, 0.6) is 11.5 Å². The molecule has 1 atom stereocenters. The Kier molecular flexibility index (Phi) is 7.02. The van der Waals surface area contributed by atoms with Crippen LogP contribution in [-0.4, -0.2) is 63.1 Å². The van der Waals surface area contributed by atoms with Gasteiger partial charge >= 0.3 is 6.18 Å². The Morgan fingerprint density at radius 3 is 2.53 bits per heavy atom. The molecule has 3 aromatic rings. The summed E-state index contributed by atoms with van der Waals surface area (Å²) in [5.74, 6) is -3.59. The predicted molar refractivity (Wildman–Crippen MR) is 124 cm³/mol. The summed E-state index contributed by atoms with van der Waals surface area (Å²) in [7, 11) is 0. The highest BCUT2D eigenvalue weighted by Crippen LogP contribution is 2.40. The number of hydrogen-bond donors (Lipinski definition) is 4. The Morgan fingerprint density at radius 1 is 1.21 bits per heavy atom. The molecule has 14 heteroatoms. The number of nitrogens with zero attached hydrogens (tertiary/aromatic N) is 2. The number of aromatic hydroxyl groups is 1. The second-order valence-corrected chi connectivity index (χ2v) is 8.84. The number of aliphatic hydroxyl groups excluding tert-OH is 1. The van der Waals surface area contributed by atoms with Gasteiger partial charge in [0, 0.05) is 24.7 Å². The fraction of sp³-hybridized carbons (Fsp3) is 0.333. The zero-order chi connectivity index (χ0) is 27.8. The quantitative estimate of drug-likeness (QED) is 0.333. The lowest BCUT2D eigenvalue weighted by Gasteiger charge is -2.36. The zero-order valence-corrected chi connectivity index (χ0v) is 19.9. The lowest BCUT2D eigenvalue weighted by Crippen LogP contribution is -2.56. The lowest BCUT2D eigenvalue weighted by atomic mass is 9.98. The summed E-state index contributed by atoms with van der Waals surface area (Å²) < 4.78 is 58.6. The highest BCUT2D eigenvalue weighted by atomic mass is 19.4. The van der Waals surface area contributed by atoms with Crippen LogP contribution in [0.1, 0.15) is 28.4 Å². The van der Waals surface area contributed by atoms with E-state index in [1.165, 1.54) is 37.4 Å². The first-order valence-corrected chi connectivity index (χ1v) is 11.3. The lowest BCUT2D eigenvalue weighted by molar-refractivity contribution is -0.149. The van der Waals surface area contributed by atoms with E-state index in [2.05, 4.69) is 10.3 Å². The maximum absolute atomic E-state index is 13.4. The normalized spacial score (nSPS) is 16.7. The van der Waals surface area contributed by atoms with E-state index in [9.17, 15) is 37.1 Å². The SMILES string of the molecule is C[C@]1(C(=O)NCC(F)(F)F)Cn2c(=O)c(C(=O)NCCO)c(O)c3ncc(Cc4ccc(F)cc4)c(c32)O1. The molecular formula is C24H22F4N4O6. The predicted octanol–water partition coefficient (Wildman–Crippen LogP) is 1.38. The minimum Gasteiger partial charge on any atom is -0.505 e. The number of carbonyl (C=O) groups excluding carboxylic acids is 2. The Labute approximate surface area is 211 Å². The maximum Gasteiger partial charge on any atom is 0.405 e. The van der Waals surface area contributed by atoms with Crippen LogP contribution in [0.4, 0.5) is 17.6 Å². The van der Waals surface area contributed by atoms with Crippen LogP contribution in [0.2, 0.25) is 0 Å². The molecule has 0 bridgehead atoms. The van der Waals surface area contributed by atoms with Crippen LogP contribution in [0.3, 0.4) is 0 Å². The molecule has 38 heavy (non-hydrogen) atoms. The van der Waals surface area contributed by atoms with E-state index in [0.29, 0.717) is 5.56 Å². The molecule has 0 fully saturated rings. The third-order valence-electron chi connectivity index (χ3n) is 5.92. The summed E-state index contributed by atoms with van der Waals surface area (Å²) in [6, 6.07) is 5.38. The Balaban J connectivity index is 1.90.